The summed E-state index contributed by atoms with van der Waals surface area (Å²) in [6.45, 7) is 3.09. The van der Waals surface area contributed by atoms with Crippen LogP contribution < -0.4 is 11.1 Å². The maximum absolute atomic E-state index is 12.3. The minimum absolute atomic E-state index is 0.0746. The van der Waals surface area contributed by atoms with E-state index in [2.05, 4.69) is 31.2 Å². The van der Waals surface area contributed by atoms with Gasteiger partial charge in [-0.15, -0.1) is 0 Å². The van der Waals surface area contributed by atoms with Gasteiger partial charge < -0.3 is 16.0 Å². The fourth-order valence-electron chi connectivity index (χ4n) is 3.59. The van der Waals surface area contributed by atoms with E-state index in [-0.39, 0.29) is 23.9 Å². The standard InChI is InChI=1S/C14H27N3O/c1-9(6-7-17(2)3)16-14(18)12-10-4-5-11(8-10)13(12)15/h9-13H,4-8,15H2,1-3H3,(H,16,18). The lowest BCUT2D eigenvalue weighted by Gasteiger charge is -2.28. The number of hydrogen-bond donors (Lipinski definition) is 2. The molecule has 4 heteroatoms. The van der Waals surface area contributed by atoms with E-state index in [9.17, 15) is 4.79 Å². The predicted octanol–water partition coefficient (Wildman–Crippen LogP) is 0.816. The normalized spacial score (nSPS) is 36.1. The van der Waals surface area contributed by atoms with E-state index in [1.54, 1.807) is 0 Å². The summed E-state index contributed by atoms with van der Waals surface area (Å²) < 4.78 is 0. The quantitative estimate of drug-likeness (QED) is 0.762. The fourth-order valence-corrected chi connectivity index (χ4v) is 3.59. The molecule has 2 bridgehead atoms. The number of nitrogens with two attached hydrogens (primary N) is 1. The maximum atomic E-state index is 12.3. The third-order valence-electron chi connectivity index (χ3n) is 4.68. The van der Waals surface area contributed by atoms with Crippen molar-refractivity contribution in [3.8, 4) is 0 Å². The van der Waals surface area contributed by atoms with E-state index >= 15 is 0 Å². The summed E-state index contributed by atoms with van der Waals surface area (Å²) in [4.78, 5) is 14.4. The van der Waals surface area contributed by atoms with Gasteiger partial charge in [-0.2, -0.15) is 0 Å². The van der Waals surface area contributed by atoms with E-state index in [0.29, 0.717) is 11.8 Å². The second-order valence-corrected chi connectivity index (χ2v) is 6.44. The Hall–Kier alpha value is -0.610. The van der Waals surface area contributed by atoms with E-state index < -0.39 is 0 Å². The van der Waals surface area contributed by atoms with Gasteiger partial charge in [0.1, 0.15) is 0 Å². The highest BCUT2D eigenvalue weighted by Gasteiger charge is 2.49. The molecule has 3 N–H and O–H groups in total. The highest BCUT2D eigenvalue weighted by Crippen LogP contribution is 2.47. The maximum Gasteiger partial charge on any atom is 0.225 e. The monoisotopic (exact) mass is 253 g/mol. The van der Waals surface area contributed by atoms with Crippen molar-refractivity contribution in [2.24, 2.45) is 23.5 Å². The van der Waals surface area contributed by atoms with Crippen molar-refractivity contribution >= 4 is 5.91 Å². The zero-order valence-corrected chi connectivity index (χ0v) is 11.9. The first-order chi connectivity index (χ1) is 8.49. The Labute approximate surface area is 110 Å². The van der Waals surface area contributed by atoms with Crippen LogP contribution in [0.3, 0.4) is 0 Å². The number of amides is 1. The van der Waals surface area contributed by atoms with Crippen molar-refractivity contribution in [1.82, 2.24) is 10.2 Å². The average molecular weight is 253 g/mol. The van der Waals surface area contributed by atoms with Crippen LogP contribution in [-0.4, -0.2) is 43.5 Å². The Balaban J connectivity index is 1.81. The van der Waals surface area contributed by atoms with Crippen molar-refractivity contribution < 1.29 is 4.79 Å². The molecule has 5 unspecified atom stereocenters. The van der Waals surface area contributed by atoms with Crippen molar-refractivity contribution in [3.05, 3.63) is 0 Å². The van der Waals surface area contributed by atoms with Gasteiger partial charge in [-0.1, -0.05) is 0 Å². The van der Waals surface area contributed by atoms with Gasteiger partial charge in [-0.3, -0.25) is 4.79 Å². The molecule has 2 fully saturated rings. The number of hydrogen-bond acceptors (Lipinski definition) is 3. The molecule has 2 aliphatic rings. The largest absolute Gasteiger partial charge is 0.353 e. The zero-order valence-electron chi connectivity index (χ0n) is 11.9. The Bertz CT molecular complexity index is 303. The number of nitrogens with zero attached hydrogens (tertiary/aromatic N) is 1. The second-order valence-electron chi connectivity index (χ2n) is 6.44. The van der Waals surface area contributed by atoms with Crippen LogP contribution >= 0.6 is 0 Å². The summed E-state index contributed by atoms with van der Waals surface area (Å²) in [7, 11) is 4.11. The van der Waals surface area contributed by atoms with Gasteiger partial charge in [-0.05, 0) is 65.1 Å². The molecule has 18 heavy (non-hydrogen) atoms. The SMILES string of the molecule is CC(CCN(C)C)NC(=O)C1C2CCC(C2)C1N. The zero-order chi connectivity index (χ0) is 13.3. The van der Waals surface area contributed by atoms with Crippen molar-refractivity contribution in [1.29, 1.82) is 0 Å². The molecule has 2 rings (SSSR count). The van der Waals surface area contributed by atoms with Crippen LogP contribution in [0.4, 0.5) is 0 Å². The van der Waals surface area contributed by atoms with Crippen LogP contribution in [0.1, 0.15) is 32.6 Å². The topological polar surface area (TPSA) is 58.4 Å². The number of carbonyl (C=O) groups excluding carboxylic acids is 1. The predicted molar refractivity (Wildman–Crippen MR) is 73.1 cm³/mol. The third kappa shape index (κ3) is 2.86. The molecule has 2 saturated carbocycles. The molecule has 0 spiro atoms. The summed E-state index contributed by atoms with van der Waals surface area (Å²) in [5.74, 6) is 1.42. The molecule has 0 aromatic heterocycles. The van der Waals surface area contributed by atoms with Gasteiger partial charge in [0.25, 0.3) is 0 Å². The van der Waals surface area contributed by atoms with Crippen molar-refractivity contribution in [2.75, 3.05) is 20.6 Å². The molecule has 0 radical (unpaired) electrons. The molecule has 0 aromatic carbocycles. The fraction of sp³-hybridized carbons (Fsp3) is 0.929. The first-order valence-electron chi connectivity index (χ1n) is 7.19. The van der Waals surface area contributed by atoms with Crippen molar-refractivity contribution in [2.45, 2.75) is 44.7 Å². The molecule has 0 saturated heterocycles. The number of nitrogens with one attached hydrogen (secondary N) is 1. The molecule has 4 nitrogen and oxygen atoms in total. The molecule has 0 aromatic rings. The molecule has 0 aliphatic heterocycles. The van der Waals surface area contributed by atoms with Gasteiger partial charge in [-0.25, -0.2) is 0 Å². The Morgan fingerprint density at radius 1 is 1.39 bits per heavy atom. The Kier molecular flexibility index (Phi) is 4.28. The van der Waals surface area contributed by atoms with E-state index in [4.69, 9.17) is 5.73 Å². The van der Waals surface area contributed by atoms with Crippen LogP contribution in [0.15, 0.2) is 0 Å². The van der Waals surface area contributed by atoms with Gasteiger partial charge in [0.15, 0.2) is 0 Å². The molecule has 104 valence electrons. The summed E-state index contributed by atoms with van der Waals surface area (Å²) in [6, 6.07) is 0.344. The lowest BCUT2D eigenvalue weighted by Crippen LogP contribution is -2.47. The van der Waals surface area contributed by atoms with E-state index in [1.165, 1.54) is 19.3 Å². The average Bonchev–Trinajstić information content (AvgIpc) is 2.86. The minimum atomic E-state index is 0.0746. The summed E-state index contributed by atoms with van der Waals surface area (Å²) in [5.41, 5.74) is 6.19. The first kappa shape index (κ1) is 13.8. The molecule has 0 heterocycles. The van der Waals surface area contributed by atoms with Crippen LogP contribution in [-0.2, 0) is 4.79 Å². The van der Waals surface area contributed by atoms with Crippen LogP contribution in [0.25, 0.3) is 0 Å². The highest BCUT2D eigenvalue weighted by molar-refractivity contribution is 5.80. The summed E-state index contributed by atoms with van der Waals surface area (Å²) >= 11 is 0. The Morgan fingerprint density at radius 2 is 2.06 bits per heavy atom. The minimum Gasteiger partial charge on any atom is -0.353 e. The molecular weight excluding hydrogens is 226 g/mol. The van der Waals surface area contributed by atoms with Crippen LogP contribution in [0.5, 0.6) is 0 Å². The van der Waals surface area contributed by atoms with Gasteiger partial charge in [0.2, 0.25) is 5.91 Å². The molecule has 5 atom stereocenters. The van der Waals surface area contributed by atoms with Gasteiger partial charge >= 0.3 is 0 Å². The molecule has 2 aliphatic carbocycles. The number of fused-ring (bicyclic) bond motifs is 2. The molecular formula is C14H27N3O. The summed E-state index contributed by atoms with van der Waals surface area (Å²) in [5, 5.41) is 3.15. The third-order valence-corrected chi connectivity index (χ3v) is 4.68. The smallest absolute Gasteiger partial charge is 0.225 e. The lowest BCUT2D eigenvalue weighted by molar-refractivity contribution is -0.127. The summed E-state index contributed by atoms with van der Waals surface area (Å²) in [6.07, 6.45) is 4.59. The van der Waals surface area contributed by atoms with E-state index in [0.717, 1.165) is 13.0 Å². The van der Waals surface area contributed by atoms with Crippen molar-refractivity contribution in [3.63, 3.8) is 0 Å². The lowest BCUT2D eigenvalue weighted by atomic mass is 9.84. The van der Waals surface area contributed by atoms with Crippen LogP contribution in [0, 0.1) is 17.8 Å². The Morgan fingerprint density at radius 3 is 2.61 bits per heavy atom. The second kappa shape index (κ2) is 5.57. The van der Waals surface area contributed by atoms with Gasteiger partial charge in [0, 0.05) is 12.1 Å². The number of carbonyl (C=O) groups is 1. The van der Waals surface area contributed by atoms with E-state index in [1.807, 2.05) is 0 Å². The molecule has 1 amide bonds. The highest BCUT2D eigenvalue weighted by atomic mass is 16.2. The first-order valence-corrected chi connectivity index (χ1v) is 7.19. The van der Waals surface area contributed by atoms with Crippen LogP contribution in [0.2, 0.25) is 0 Å². The number of rotatable bonds is 5. The van der Waals surface area contributed by atoms with Gasteiger partial charge in [0.05, 0.1) is 5.92 Å².